The van der Waals surface area contributed by atoms with Crippen LogP contribution in [0.5, 0.6) is 0 Å². The van der Waals surface area contributed by atoms with E-state index in [9.17, 15) is 0 Å². The van der Waals surface area contributed by atoms with E-state index < -0.39 is 0 Å². The Labute approximate surface area is 137 Å². The van der Waals surface area contributed by atoms with Gasteiger partial charge in [0.25, 0.3) is 0 Å². The highest BCUT2D eigenvalue weighted by atomic mass is 15.3. The molecule has 5 heteroatoms. The van der Waals surface area contributed by atoms with E-state index in [0.717, 1.165) is 11.3 Å². The monoisotopic (exact) mass is 311 g/mol. The smallest absolute Gasteiger partial charge is 0.189 e. The fourth-order valence-electron chi connectivity index (χ4n) is 3.07. The van der Waals surface area contributed by atoms with Crippen LogP contribution < -0.4 is 11.1 Å². The standard InChI is InChI=1S/C18H25N5/c19-18(22-16-8-3-1-2-4-9-16)20-14-15-7-5-10-17(13-15)23-12-6-11-21-23/h5-7,10-13,16H,1-4,8-9,14H2,(H3,19,20,22). The molecule has 1 aliphatic carbocycles. The molecule has 0 spiro atoms. The lowest BCUT2D eigenvalue weighted by Gasteiger charge is -2.16. The summed E-state index contributed by atoms with van der Waals surface area (Å²) in [6.45, 7) is 0.584. The predicted molar refractivity (Wildman–Crippen MR) is 93.5 cm³/mol. The molecule has 2 aromatic rings. The first-order chi connectivity index (χ1) is 11.3. The van der Waals surface area contributed by atoms with E-state index in [0.29, 0.717) is 18.5 Å². The number of hydrogen-bond acceptors (Lipinski definition) is 2. The second-order valence-electron chi connectivity index (χ2n) is 6.15. The first-order valence-electron chi connectivity index (χ1n) is 8.47. The summed E-state index contributed by atoms with van der Waals surface area (Å²) in [6, 6.07) is 10.6. The minimum Gasteiger partial charge on any atom is -0.370 e. The van der Waals surface area contributed by atoms with E-state index >= 15 is 0 Å². The van der Waals surface area contributed by atoms with Crippen molar-refractivity contribution >= 4 is 5.96 Å². The molecule has 0 amide bonds. The van der Waals surface area contributed by atoms with Gasteiger partial charge in [0, 0.05) is 18.4 Å². The van der Waals surface area contributed by atoms with Gasteiger partial charge in [-0.1, -0.05) is 37.8 Å². The van der Waals surface area contributed by atoms with Crippen LogP contribution in [0.4, 0.5) is 0 Å². The van der Waals surface area contributed by atoms with Crippen molar-refractivity contribution in [1.29, 1.82) is 0 Å². The number of nitrogens with one attached hydrogen (secondary N) is 1. The second kappa shape index (κ2) is 7.81. The van der Waals surface area contributed by atoms with E-state index in [1.807, 2.05) is 29.1 Å². The fourth-order valence-corrected chi connectivity index (χ4v) is 3.07. The Bertz CT molecular complexity index is 625. The van der Waals surface area contributed by atoms with Crippen molar-refractivity contribution in [2.75, 3.05) is 0 Å². The van der Waals surface area contributed by atoms with Gasteiger partial charge in [0.2, 0.25) is 0 Å². The Kier molecular flexibility index (Phi) is 5.29. The number of guanidine groups is 1. The molecule has 1 saturated carbocycles. The first kappa shape index (κ1) is 15.6. The molecule has 1 heterocycles. The molecule has 0 bridgehead atoms. The number of nitrogens with zero attached hydrogens (tertiary/aromatic N) is 3. The maximum atomic E-state index is 6.06. The van der Waals surface area contributed by atoms with Gasteiger partial charge >= 0.3 is 0 Å². The summed E-state index contributed by atoms with van der Waals surface area (Å²) in [7, 11) is 0. The van der Waals surface area contributed by atoms with E-state index in [1.165, 1.54) is 38.5 Å². The minimum atomic E-state index is 0.483. The molecule has 1 fully saturated rings. The zero-order valence-electron chi connectivity index (χ0n) is 13.5. The van der Waals surface area contributed by atoms with Gasteiger partial charge in [0.1, 0.15) is 0 Å². The Morgan fingerprint density at radius 2 is 2.04 bits per heavy atom. The van der Waals surface area contributed by atoms with Crippen molar-refractivity contribution in [3.63, 3.8) is 0 Å². The number of nitrogens with two attached hydrogens (primary N) is 1. The van der Waals surface area contributed by atoms with Crippen molar-refractivity contribution < 1.29 is 0 Å². The van der Waals surface area contributed by atoms with Crippen molar-refractivity contribution in [3.05, 3.63) is 48.3 Å². The lowest BCUT2D eigenvalue weighted by atomic mass is 10.1. The summed E-state index contributed by atoms with van der Waals surface area (Å²) in [4.78, 5) is 4.50. The van der Waals surface area contributed by atoms with Crippen LogP contribution >= 0.6 is 0 Å². The van der Waals surface area contributed by atoms with Gasteiger partial charge in [-0.05, 0) is 36.6 Å². The summed E-state index contributed by atoms with van der Waals surface area (Å²) >= 11 is 0. The van der Waals surface area contributed by atoms with E-state index in [4.69, 9.17) is 5.73 Å². The normalized spacial score (nSPS) is 17.0. The highest BCUT2D eigenvalue weighted by Gasteiger charge is 2.12. The number of hydrogen-bond donors (Lipinski definition) is 2. The lowest BCUT2D eigenvalue weighted by Crippen LogP contribution is -2.39. The van der Waals surface area contributed by atoms with Gasteiger partial charge in [-0.25, -0.2) is 9.67 Å². The Hall–Kier alpha value is -2.30. The van der Waals surface area contributed by atoms with Gasteiger partial charge in [-0.2, -0.15) is 5.10 Å². The largest absolute Gasteiger partial charge is 0.370 e. The van der Waals surface area contributed by atoms with Crippen LogP contribution in [0.1, 0.15) is 44.1 Å². The summed E-state index contributed by atoms with van der Waals surface area (Å²) in [5.74, 6) is 0.557. The van der Waals surface area contributed by atoms with Gasteiger partial charge in [0.05, 0.1) is 12.2 Å². The highest BCUT2D eigenvalue weighted by molar-refractivity contribution is 5.78. The topological polar surface area (TPSA) is 68.2 Å². The molecule has 0 atom stereocenters. The predicted octanol–water partition coefficient (Wildman–Crippen LogP) is 3.00. The number of aliphatic imine (C=N–C) groups is 1. The number of rotatable bonds is 4. The number of aromatic nitrogens is 2. The van der Waals surface area contributed by atoms with Crippen LogP contribution in [-0.4, -0.2) is 21.8 Å². The van der Waals surface area contributed by atoms with Crippen LogP contribution in [-0.2, 0) is 6.54 Å². The maximum Gasteiger partial charge on any atom is 0.189 e. The molecule has 1 aliphatic rings. The summed E-state index contributed by atoms with van der Waals surface area (Å²) in [6.07, 6.45) is 11.4. The zero-order valence-corrected chi connectivity index (χ0v) is 13.5. The molecule has 0 unspecified atom stereocenters. The highest BCUT2D eigenvalue weighted by Crippen LogP contribution is 2.17. The van der Waals surface area contributed by atoms with Crippen LogP contribution in [0.15, 0.2) is 47.7 Å². The summed E-state index contributed by atoms with van der Waals surface area (Å²) in [5, 5.41) is 7.63. The molecule has 3 rings (SSSR count). The fraction of sp³-hybridized carbons (Fsp3) is 0.444. The van der Waals surface area contributed by atoms with Gasteiger partial charge in [0.15, 0.2) is 5.96 Å². The van der Waals surface area contributed by atoms with Crippen molar-refractivity contribution in [3.8, 4) is 5.69 Å². The molecule has 0 saturated heterocycles. The molecular weight excluding hydrogens is 286 g/mol. The van der Waals surface area contributed by atoms with Gasteiger partial charge < -0.3 is 11.1 Å². The molecule has 5 nitrogen and oxygen atoms in total. The van der Waals surface area contributed by atoms with Crippen molar-refractivity contribution in [2.45, 2.75) is 51.1 Å². The molecule has 0 aliphatic heterocycles. The molecule has 3 N–H and O–H groups in total. The molecule has 1 aromatic carbocycles. The average Bonchev–Trinajstić information content (AvgIpc) is 2.99. The molecular formula is C18H25N5. The third-order valence-corrected chi connectivity index (χ3v) is 4.32. The SMILES string of the molecule is NC(=NCc1cccc(-n2cccn2)c1)NC1CCCCCC1. The molecule has 1 aromatic heterocycles. The Balaban J connectivity index is 1.59. The van der Waals surface area contributed by atoms with Crippen molar-refractivity contribution in [1.82, 2.24) is 15.1 Å². The zero-order chi connectivity index (χ0) is 15.9. The molecule has 122 valence electrons. The van der Waals surface area contributed by atoms with E-state index in [1.54, 1.807) is 6.20 Å². The van der Waals surface area contributed by atoms with Crippen molar-refractivity contribution in [2.24, 2.45) is 10.7 Å². The van der Waals surface area contributed by atoms with E-state index in [2.05, 4.69) is 27.5 Å². The quantitative estimate of drug-likeness (QED) is 0.518. The number of benzene rings is 1. The van der Waals surface area contributed by atoms with E-state index in [-0.39, 0.29) is 0 Å². The van der Waals surface area contributed by atoms with Gasteiger partial charge in [-0.15, -0.1) is 0 Å². The minimum absolute atomic E-state index is 0.483. The molecule has 23 heavy (non-hydrogen) atoms. The summed E-state index contributed by atoms with van der Waals surface area (Å²) < 4.78 is 1.85. The third kappa shape index (κ3) is 4.58. The van der Waals surface area contributed by atoms with Crippen LogP contribution in [0.25, 0.3) is 5.69 Å². The van der Waals surface area contributed by atoms with Crippen LogP contribution in [0.3, 0.4) is 0 Å². The summed E-state index contributed by atoms with van der Waals surface area (Å²) in [5.41, 5.74) is 8.23. The average molecular weight is 311 g/mol. The van der Waals surface area contributed by atoms with Gasteiger partial charge in [-0.3, -0.25) is 0 Å². The maximum absolute atomic E-state index is 6.06. The first-order valence-corrected chi connectivity index (χ1v) is 8.47. The second-order valence-corrected chi connectivity index (χ2v) is 6.15. The third-order valence-electron chi connectivity index (χ3n) is 4.32. The Morgan fingerprint density at radius 1 is 1.22 bits per heavy atom. The Morgan fingerprint density at radius 3 is 2.78 bits per heavy atom. The molecule has 0 radical (unpaired) electrons. The van der Waals surface area contributed by atoms with Crippen LogP contribution in [0.2, 0.25) is 0 Å². The lowest BCUT2D eigenvalue weighted by molar-refractivity contribution is 0.530. The van der Waals surface area contributed by atoms with Crippen LogP contribution in [0, 0.1) is 0 Å².